The first-order valence-electron chi connectivity index (χ1n) is 2.22. The second-order valence-corrected chi connectivity index (χ2v) is 2.35. The van der Waals surface area contributed by atoms with Crippen molar-refractivity contribution in [2.75, 3.05) is 0 Å². The van der Waals surface area contributed by atoms with Crippen LogP contribution >= 0.6 is 0 Å². The van der Waals surface area contributed by atoms with Gasteiger partial charge in [0, 0.05) is 0 Å². The van der Waals surface area contributed by atoms with Gasteiger partial charge in [-0.15, -0.1) is 0 Å². The van der Waals surface area contributed by atoms with E-state index in [-0.39, 0.29) is 11.0 Å². The molecule has 0 rings (SSSR count). The normalized spacial score (nSPS) is 8.44. The SMILES string of the molecule is CC(C)(C)N[O-].O.[CH2]=[Mn]. The Labute approximate surface area is 64.1 Å². The van der Waals surface area contributed by atoms with Gasteiger partial charge in [0.25, 0.3) is 0 Å². The summed E-state index contributed by atoms with van der Waals surface area (Å²) in [4.78, 5) is 0. The third-order valence-corrected chi connectivity index (χ3v) is 0.306. The number of hydroxylamine groups is 1. The van der Waals surface area contributed by atoms with Gasteiger partial charge in [-0.2, -0.15) is 0 Å². The number of nitrogens with one attached hydrogen (secondary N) is 1. The van der Waals surface area contributed by atoms with Crippen LogP contribution in [0, 0.1) is 5.21 Å². The number of hydrogen-bond donors (Lipinski definition) is 1. The van der Waals surface area contributed by atoms with E-state index in [9.17, 15) is 5.21 Å². The Morgan fingerprint density at radius 1 is 1.33 bits per heavy atom. The van der Waals surface area contributed by atoms with Gasteiger partial charge < -0.3 is 16.2 Å². The molecule has 59 valence electrons. The molecule has 0 saturated heterocycles. The van der Waals surface area contributed by atoms with Gasteiger partial charge in [-0.25, -0.2) is 0 Å². The summed E-state index contributed by atoms with van der Waals surface area (Å²) < 4.78 is 0. The van der Waals surface area contributed by atoms with Crippen molar-refractivity contribution in [1.29, 1.82) is 0 Å². The molecule has 0 amide bonds. The number of rotatable bonds is 0. The zero-order valence-corrected chi connectivity index (χ0v) is 7.17. The molecule has 3 nitrogen and oxygen atoms in total. The van der Waals surface area contributed by atoms with Gasteiger partial charge in [0.1, 0.15) is 0 Å². The average Bonchev–Trinajstić information content (AvgIpc) is 1.71. The molecule has 0 saturated carbocycles. The summed E-state index contributed by atoms with van der Waals surface area (Å²) in [5.41, 5.74) is 4.65. The second-order valence-electron chi connectivity index (χ2n) is 2.35. The second kappa shape index (κ2) is 8.27. The Balaban J connectivity index is -0.000000109. The summed E-state index contributed by atoms with van der Waals surface area (Å²) in [5.74, 6) is 0. The van der Waals surface area contributed by atoms with E-state index in [2.05, 4.69) is 21.0 Å². The summed E-state index contributed by atoms with van der Waals surface area (Å²) in [7, 11) is 0. The Hall–Kier alpha value is 0.269. The van der Waals surface area contributed by atoms with E-state index in [1.54, 1.807) is 0 Å². The van der Waals surface area contributed by atoms with E-state index in [0.717, 1.165) is 0 Å². The van der Waals surface area contributed by atoms with Crippen molar-refractivity contribution in [3.05, 3.63) is 5.21 Å². The minimum atomic E-state index is -0.264. The molecule has 0 spiro atoms. The fourth-order valence-corrected chi connectivity index (χ4v) is 0. The fraction of sp³-hybridized carbons (Fsp3) is 0.800. The molecule has 0 aromatic carbocycles. The monoisotopic (exact) mass is 175 g/mol. The molecule has 0 radical (unpaired) electrons. The molecule has 0 aromatic heterocycles. The Morgan fingerprint density at radius 2 is 1.44 bits per heavy atom. The van der Waals surface area contributed by atoms with E-state index in [1.165, 1.54) is 0 Å². The molecule has 0 aliphatic carbocycles. The predicted molar refractivity (Wildman–Crippen MR) is 37.0 cm³/mol. The van der Waals surface area contributed by atoms with Crippen LogP contribution in [0.2, 0.25) is 0 Å². The van der Waals surface area contributed by atoms with E-state index in [1.807, 2.05) is 26.3 Å². The summed E-state index contributed by atoms with van der Waals surface area (Å²) in [5, 5.41) is 9.70. The van der Waals surface area contributed by atoms with E-state index >= 15 is 0 Å². The summed E-state index contributed by atoms with van der Waals surface area (Å²) in [6.07, 6.45) is 0. The molecular formula is C5H14MnNO2-. The van der Waals surface area contributed by atoms with Crippen molar-refractivity contribution in [3.63, 3.8) is 0 Å². The molecule has 4 heteroatoms. The zero-order valence-electron chi connectivity index (χ0n) is 5.99. The Morgan fingerprint density at radius 3 is 1.44 bits per heavy atom. The van der Waals surface area contributed by atoms with Crippen molar-refractivity contribution in [3.8, 4) is 0 Å². The third-order valence-electron chi connectivity index (χ3n) is 0.306. The molecule has 0 unspecified atom stereocenters. The van der Waals surface area contributed by atoms with Crippen LogP contribution in [0.1, 0.15) is 20.8 Å². The quantitative estimate of drug-likeness (QED) is 0.416. The van der Waals surface area contributed by atoms with Crippen LogP contribution in [0.5, 0.6) is 0 Å². The fourth-order valence-electron chi connectivity index (χ4n) is 0. The van der Waals surface area contributed by atoms with Crippen LogP contribution in [0.25, 0.3) is 0 Å². The minimum absolute atomic E-state index is 0. The molecule has 0 fully saturated rings. The van der Waals surface area contributed by atoms with Crippen LogP contribution in [0.4, 0.5) is 0 Å². The van der Waals surface area contributed by atoms with Crippen molar-refractivity contribution in [2.45, 2.75) is 26.3 Å². The van der Waals surface area contributed by atoms with Crippen LogP contribution in [-0.4, -0.2) is 16.4 Å². The van der Waals surface area contributed by atoms with Crippen LogP contribution < -0.4 is 5.48 Å². The molecule has 9 heavy (non-hydrogen) atoms. The standard InChI is InChI=1S/C4H10NO.CH2.Mn.H2O/c1-4(2,3)5-6;;;/h5H,1-3H3;1H2;;1H2/q-1;;;. The average molecular weight is 175 g/mol. The van der Waals surface area contributed by atoms with E-state index in [4.69, 9.17) is 0 Å². The third kappa shape index (κ3) is 30.4. The van der Waals surface area contributed by atoms with Crippen LogP contribution in [-0.2, 0) is 15.6 Å². The van der Waals surface area contributed by atoms with E-state index in [0.29, 0.717) is 0 Å². The molecule has 0 aliphatic rings. The van der Waals surface area contributed by atoms with Crippen molar-refractivity contribution >= 4 is 5.42 Å². The first kappa shape index (κ1) is 16.1. The molecular weight excluding hydrogens is 161 g/mol. The predicted octanol–water partition coefficient (Wildman–Crippen LogP) is 0.0128. The molecule has 0 atom stereocenters. The maximum atomic E-state index is 9.70. The van der Waals surface area contributed by atoms with Gasteiger partial charge in [-0.05, 0) is 26.3 Å². The zero-order chi connectivity index (χ0) is 7.21. The van der Waals surface area contributed by atoms with Gasteiger partial charge in [0.2, 0.25) is 0 Å². The van der Waals surface area contributed by atoms with Crippen molar-refractivity contribution in [1.82, 2.24) is 5.48 Å². The van der Waals surface area contributed by atoms with Gasteiger partial charge in [0.05, 0.1) is 0 Å². The maximum absolute atomic E-state index is 9.70. The van der Waals surface area contributed by atoms with Crippen molar-refractivity contribution in [2.24, 2.45) is 0 Å². The van der Waals surface area contributed by atoms with Crippen LogP contribution in [0.3, 0.4) is 0 Å². The van der Waals surface area contributed by atoms with Gasteiger partial charge in [0.15, 0.2) is 0 Å². The Bertz CT molecular complexity index is 53.4. The first-order valence-corrected chi connectivity index (χ1v) is 3.06. The molecule has 0 aromatic rings. The van der Waals surface area contributed by atoms with Crippen molar-refractivity contribution < 1.29 is 21.1 Å². The molecule has 0 heterocycles. The van der Waals surface area contributed by atoms with Gasteiger partial charge in [-0.1, -0.05) is 0 Å². The van der Waals surface area contributed by atoms with Gasteiger partial charge in [-0.3, -0.25) is 0 Å². The number of hydrogen-bond acceptors (Lipinski definition) is 2. The molecule has 0 aliphatic heterocycles. The molecule has 3 N–H and O–H groups in total. The Kier molecular flexibility index (Phi) is 14.8. The molecule has 0 bridgehead atoms. The van der Waals surface area contributed by atoms with E-state index < -0.39 is 0 Å². The topological polar surface area (TPSA) is 66.6 Å². The summed E-state index contributed by atoms with van der Waals surface area (Å²) >= 11 is 2.69. The summed E-state index contributed by atoms with van der Waals surface area (Å²) in [6, 6.07) is 0. The van der Waals surface area contributed by atoms with Crippen LogP contribution in [0.15, 0.2) is 0 Å². The summed E-state index contributed by atoms with van der Waals surface area (Å²) in [6.45, 7) is 5.46. The first-order chi connectivity index (χ1) is 3.56. The van der Waals surface area contributed by atoms with Gasteiger partial charge >= 0.3 is 21.0 Å².